The third kappa shape index (κ3) is 4.51. The van der Waals surface area contributed by atoms with Crippen LogP contribution in [0.4, 0.5) is 5.69 Å². The first-order chi connectivity index (χ1) is 15.2. The molecule has 0 fully saturated rings. The molecule has 0 radical (unpaired) electrons. The van der Waals surface area contributed by atoms with E-state index in [-0.39, 0.29) is 18.4 Å². The van der Waals surface area contributed by atoms with Crippen LogP contribution in [0.5, 0.6) is 11.5 Å². The zero-order chi connectivity index (χ0) is 22.9. The number of benzene rings is 2. The number of pyridine rings is 1. The maximum Gasteiger partial charge on any atom is 0.272 e. The van der Waals surface area contributed by atoms with Crippen molar-refractivity contribution in [2.45, 2.75) is 45.4 Å². The van der Waals surface area contributed by atoms with E-state index in [0.717, 1.165) is 10.9 Å². The second kappa shape index (κ2) is 8.49. The lowest BCUT2D eigenvalue weighted by Gasteiger charge is -2.34. The van der Waals surface area contributed by atoms with Crippen LogP contribution in [0, 0.1) is 0 Å². The summed E-state index contributed by atoms with van der Waals surface area (Å²) in [6, 6.07) is 15.9. The Balaban J connectivity index is 1.69. The first-order valence-corrected chi connectivity index (χ1v) is 10.6. The van der Waals surface area contributed by atoms with Crippen LogP contribution in [0.3, 0.4) is 0 Å². The van der Waals surface area contributed by atoms with Gasteiger partial charge in [-0.05, 0) is 52.0 Å². The second-order valence-corrected chi connectivity index (χ2v) is 8.87. The number of rotatable bonds is 4. The molecule has 1 aromatic heterocycles. The summed E-state index contributed by atoms with van der Waals surface area (Å²) in [5, 5.41) is 3.83. The molecule has 0 aliphatic carbocycles. The summed E-state index contributed by atoms with van der Waals surface area (Å²) in [6.07, 6.45) is 0.722. The number of amides is 2. The van der Waals surface area contributed by atoms with Gasteiger partial charge in [0.15, 0.2) is 11.5 Å². The molecule has 2 atom stereocenters. The van der Waals surface area contributed by atoms with E-state index in [1.165, 1.54) is 4.90 Å². The lowest BCUT2D eigenvalue weighted by molar-refractivity contribution is -0.131. The van der Waals surface area contributed by atoms with E-state index >= 15 is 0 Å². The Morgan fingerprint density at radius 3 is 2.53 bits per heavy atom. The Morgan fingerprint density at radius 2 is 1.78 bits per heavy atom. The van der Waals surface area contributed by atoms with Gasteiger partial charge >= 0.3 is 0 Å². The number of nitrogens with zero attached hydrogens (tertiary/aromatic N) is 2. The van der Waals surface area contributed by atoms with E-state index in [4.69, 9.17) is 9.47 Å². The monoisotopic (exact) mass is 433 g/mol. The van der Waals surface area contributed by atoms with Crippen LogP contribution in [0.15, 0.2) is 60.8 Å². The maximum absolute atomic E-state index is 13.7. The molecule has 0 spiro atoms. The molecule has 166 valence electrons. The fourth-order valence-electron chi connectivity index (χ4n) is 3.62. The Hall–Kier alpha value is -3.61. The van der Waals surface area contributed by atoms with Gasteiger partial charge in [0.25, 0.3) is 5.91 Å². The molecule has 7 heteroatoms. The summed E-state index contributed by atoms with van der Waals surface area (Å²) in [5.74, 6) is 0.457. The summed E-state index contributed by atoms with van der Waals surface area (Å²) in [7, 11) is 0. The van der Waals surface area contributed by atoms with Gasteiger partial charge in [0.2, 0.25) is 12.0 Å². The molecular formula is C25H27N3O4. The standard InChI is InChI=1S/C25H27N3O4/c1-16(23(29)27-25(2,3)4)28(18-13-17-9-5-6-10-19(17)26-14-18)24(30)22-15-31-20-11-7-8-12-21(20)32-22/h5-14,16,22H,15H2,1-4H3,(H,27,29). The van der Waals surface area contributed by atoms with Crippen molar-refractivity contribution in [3.8, 4) is 11.5 Å². The van der Waals surface area contributed by atoms with Gasteiger partial charge in [0, 0.05) is 10.9 Å². The molecule has 2 aromatic carbocycles. The third-order valence-corrected chi connectivity index (χ3v) is 5.14. The SMILES string of the molecule is CC(C(=O)NC(C)(C)C)N(C(=O)C1COc2ccccc2O1)c1cnc2ccccc2c1. The minimum Gasteiger partial charge on any atom is -0.485 e. The summed E-state index contributed by atoms with van der Waals surface area (Å²) in [6.45, 7) is 7.45. The highest BCUT2D eigenvalue weighted by atomic mass is 16.6. The molecule has 2 heterocycles. The van der Waals surface area contributed by atoms with Gasteiger partial charge in [-0.15, -0.1) is 0 Å². The summed E-state index contributed by atoms with van der Waals surface area (Å²) in [5.41, 5.74) is 0.889. The van der Waals surface area contributed by atoms with E-state index in [0.29, 0.717) is 17.2 Å². The molecule has 32 heavy (non-hydrogen) atoms. The fraction of sp³-hybridized carbons (Fsp3) is 0.320. The van der Waals surface area contributed by atoms with E-state index in [9.17, 15) is 9.59 Å². The Labute approximate surface area is 187 Å². The quantitative estimate of drug-likeness (QED) is 0.678. The molecular weight excluding hydrogens is 406 g/mol. The number of nitrogens with one attached hydrogen (secondary N) is 1. The Morgan fingerprint density at radius 1 is 1.09 bits per heavy atom. The molecule has 2 amide bonds. The molecule has 0 saturated carbocycles. The van der Waals surface area contributed by atoms with Crippen molar-refractivity contribution < 1.29 is 19.1 Å². The number of carbonyl (C=O) groups is 2. The molecule has 4 rings (SSSR count). The van der Waals surface area contributed by atoms with Crippen molar-refractivity contribution in [1.82, 2.24) is 10.3 Å². The molecule has 1 aliphatic rings. The van der Waals surface area contributed by atoms with Crippen LogP contribution >= 0.6 is 0 Å². The van der Waals surface area contributed by atoms with Gasteiger partial charge in [0.1, 0.15) is 12.6 Å². The number of hydrogen-bond donors (Lipinski definition) is 1. The van der Waals surface area contributed by atoms with Crippen LogP contribution in [0.2, 0.25) is 0 Å². The van der Waals surface area contributed by atoms with Crippen LogP contribution in [0.25, 0.3) is 10.9 Å². The van der Waals surface area contributed by atoms with E-state index in [1.807, 2.05) is 63.2 Å². The lowest BCUT2D eigenvalue weighted by atomic mass is 10.1. The zero-order valence-electron chi connectivity index (χ0n) is 18.7. The van der Waals surface area contributed by atoms with Crippen molar-refractivity contribution in [1.29, 1.82) is 0 Å². The average Bonchev–Trinajstić information content (AvgIpc) is 2.77. The average molecular weight is 434 g/mol. The highest BCUT2D eigenvalue weighted by molar-refractivity contribution is 6.04. The molecule has 3 aromatic rings. The van der Waals surface area contributed by atoms with Gasteiger partial charge in [-0.2, -0.15) is 0 Å². The number of hydrogen-bond acceptors (Lipinski definition) is 5. The van der Waals surface area contributed by atoms with Gasteiger partial charge in [0.05, 0.1) is 17.4 Å². The largest absolute Gasteiger partial charge is 0.485 e. The van der Waals surface area contributed by atoms with Crippen molar-refractivity contribution >= 4 is 28.4 Å². The van der Waals surface area contributed by atoms with Gasteiger partial charge in [-0.25, -0.2) is 0 Å². The first kappa shape index (κ1) is 21.6. The number of para-hydroxylation sites is 3. The van der Waals surface area contributed by atoms with Gasteiger partial charge < -0.3 is 14.8 Å². The van der Waals surface area contributed by atoms with Gasteiger partial charge in [-0.3, -0.25) is 19.5 Å². The summed E-state index contributed by atoms with van der Waals surface area (Å²) >= 11 is 0. The van der Waals surface area contributed by atoms with Crippen molar-refractivity contribution in [2.24, 2.45) is 0 Å². The zero-order valence-corrected chi connectivity index (χ0v) is 18.7. The van der Waals surface area contributed by atoms with Gasteiger partial charge in [-0.1, -0.05) is 30.3 Å². The van der Waals surface area contributed by atoms with E-state index < -0.39 is 17.7 Å². The van der Waals surface area contributed by atoms with Crippen LogP contribution in [-0.2, 0) is 9.59 Å². The first-order valence-electron chi connectivity index (χ1n) is 10.6. The van der Waals surface area contributed by atoms with E-state index in [1.54, 1.807) is 25.3 Å². The molecule has 7 nitrogen and oxygen atoms in total. The number of aromatic nitrogens is 1. The molecule has 1 N–H and O–H groups in total. The normalized spacial score (nSPS) is 16.3. The third-order valence-electron chi connectivity index (χ3n) is 5.14. The number of anilines is 1. The van der Waals surface area contributed by atoms with E-state index in [2.05, 4.69) is 10.3 Å². The Bertz CT molecular complexity index is 1160. The smallest absolute Gasteiger partial charge is 0.272 e. The van der Waals surface area contributed by atoms with Crippen LogP contribution < -0.4 is 19.7 Å². The number of fused-ring (bicyclic) bond motifs is 2. The van der Waals surface area contributed by atoms with Crippen molar-refractivity contribution in [2.75, 3.05) is 11.5 Å². The highest BCUT2D eigenvalue weighted by Crippen LogP contribution is 2.32. The minimum absolute atomic E-state index is 0.0565. The highest BCUT2D eigenvalue weighted by Gasteiger charge is 2.37. The minimum atomic E-state index is -0.888. The number of carbonyl (C=O) groups excluding carboxylic acids is 2. The van der Waals surface area contributed by atoms with Crippen LogP contribution in [-0.4, -0.2) is 41.1 Å². The lowest BCUT2D eigenvalue weighted by Crippen LogP contribution is -2.56. The summed E-state index contributed by atoms with van der Waals surface area (Å²) in [4.78, 5) is 32.6. The molecule has 2 unspecified atom stereocenters. The van der Waals surface area contributed by atoms with Crippen molar-refractivity contribution in [3.63, 3.8) is 0 Å². The van der Waals surface area contributed by atoms with Crippen molar-refractivity contribution in [3.05, 3.63) is 60.8 Å². The number of ether oxygens (including phenoxy) is 2. The molecule has 0 saturated heterocycles. The topological polar surface area (TPSA) is 80.8 Å². The summed E-state index contributed by atoms with van der Waals surface area (Å²) < 4.78 is 11.7. The Kier molecular flexibility index (Phi) is 5.74. The van der Waals surface area contributed by atoms with Crippen LogP contribution in [0.1, 0.15) is 27.7 Å². The molecule has 0 bridgehead atoms. The maximum atomic E-state index is 13.7. The second-order valence-electron chi connectivity index (χ2n) is 8.87. The predicted octanol–water partition coefficient (Wildman–Crippen LogP) is 3.71. The predicted molar refractivity (Wildman–Crippen MR) is 123 cm³/mol. The fourth-order valence-corrected chi connectivity index (χ4v) is 3.62. The molecule has 1 aliphatic heterocycles.